The van der Waals surface area contributed by atoms with Crippen LogP contribution < -0.4 is 0 Å². The van der Waals surface area contributed by atoms with Crippen molar-refractivity contribution in [2.24, 2.45) is 0 Å². The van der Waals surface area contributed by atoms with Crippen LogP contribution in [0.2, 0.25) is 0 Å². The number of fused-ring (bicyclic) bond motifs is 3. The minimum atomic E-state index is 0. The van der Waals surface area contributed by atoms with Crippen molar-refractivity contribution in [1.82, 2.24) is 24.6 Å². The Morgan fingerprint density at radius 3 is 2.54 bits per heavy atom. The zero-order chi connectivity index (χ0) is 16.1. The first-order valence-corrected chi connectivity index (χ1v) is 9.05. The highest BCUT2D eigenvalue weighted by molar-refractivity contribution is 6.20. The minimum Gasteiger partial charge on any atom is -0.302 e. The molecular formula is C17H29Cl2N5. The van der Waals surface area contributed by atoms with Gasteiger partial charge in [0.1, 0.15) is 0 Å². The molecule has 2 aliphatic heterocycles. The van der Waals surface area contributed by atoms with Gasteiger partial charge in [-0.25, -0.2) is 0 Å². The molecule has 2 aliphatic rings. The normalized spacial score (nSPS) is 30.2. The molecule has 0 aromatic carbocycles. The highest BCUT2D eigenvalue weighted by Gasteiger charge is 2.24. The Kier molecular flexibility index (Phi) is 8.20. The Morgan fingerprint density at radius 1 is 1.04 bits per heavy atom. The third kappa shape index (κ3) is 5.83. The van der Waals surface area contributed by atoms with Gasteiger partial charge in [0.05, 0.1) is 11.2 Å². The van der Waals surface area contributed by atoms with E-state index in [0.717, 1.165) is 71.1 Å². The van der Waals surface area contributed by atoms with Crippen molar-refractivity contribution in [2.45, 2.75) is 12.0 Å². The summed E-state index contributed by atoms with van der Waals surface area (Å²) in [5, 5.41) is 0. The van der Waals surface area contributed by atoms with Crippen LogP contribution in [0.25, 0.3) is 0 Å². The maximum absolute atomic E-state index is 6.67. The van der Waals surface area contributed by atoms with Crippen LogP contribution in [0.15, 0.2) is 24.4 Å². The van der Waals surface area contributed by atoms with Gasteiger partial charge in [0, 0.05) is 71.6 Å². The summed E-state index contributed by atoms with van der Waals surface area (Å²) in [6.45, 7) is 10.6. The summed E-state index contributed by atoms with van der Waals surface area (Å²) in [7, 11) is 2.18. The Balaban J connectivity index is 0.00000208. The Bertz CT molecular complexity index is 475. The molecule has 24 heavy (non-hydrogen) atoms. The van der Waals surface area contributed by atoms with Crippen molar-refractivity contribution in [1.29, 1.82) is 0 Å². The topological polar surface area (TPSA) is 25.9 Å². The van der Waals surface area contributed by atoms with Crippen molar-refractivity contribution in [2.75, 3.05) is 66.0 Å². The predicted molar refractivity (Wildman–Crippen MR) is 102 cm³/mol. The quantitative estimate of drug-likeness (QED) is 0.577. The molecule has 5 nitrogen and oxygen atoms in total. The van der Waals surface area contributed by atoms with Crippen LogP contribution in [-0.4, -0.2) is 96.0 Å². The molecule has 0 spiro atoms. The van der Waals surface area contributed by atoms with Gasteiger partial charge in [-0.3, -0.25) is 19.7 Å². The maximum Gasteiger partial charge on any atom is 0.0979 e. The third-order valence-corrected chi connectivity index (χ3v) is 5.32. The smallest absolute Gasteiger partial charge is 0.0979 e. The molecule has 2 bridgehead atoms. The average Bonchev–Trinajstić information content (AvgIpc) is 2.68. The van der Waals surface area contributed by atoms with E-state index in [0.29, 0.717) is 0 Å². The molecule has 7 heteroatoms. The molecule has 0 aliphatic carbocycles. The number of alkyl halides is 1. The van der Waals surface area contributed by atoms with E-state index in [1.807, 2.05) is 12.3 Å². The van der Waals surface area contributed by atoms with Crippen molar-refractivity contribution in [3.05, 3.63) is 30.1 Å². The molecule has 0 amide bonds. The molecule has 3 unspecified atom stereocenters. The summed E-state index contributed by atoms with van der Waals surface area (Å²) >= 11 is 6.67. The summed E-state index contributed by atoms with van der Waals surface area (Å²) in [5.41, 5.74) is 1.26. The van der Waals surface area contributed by atoms with Gasteiger partial charge in [-0.2, -0.15) is 0 Å². The highest BCUT2D eigenvalue weighted by atomic mass is 35.5. The molecule has 3 heterocycles. The second kappa shape index (κ2) is 9.90. The van der Waals surface area contributed by atoms with Gasteiger partial charge < -0.3 is 4.90 Å². The van der Waals surface area contributed by atoms with E-state index in [-0.39, 0.29) is 17.9 Å². The van der Waals surface area contributed by atoms with Crippen LogP contribution in [-0.2, 0) is 6.54 Å². The zero-order valence-corrected chi connectivity index (χ0v) is 16.1. The van der Waals surface area contributed by atoms with E-state index < -0.39 is 0 Å². The fourth-order valence-corrected chi connectivity index (χ4v) is 3.75. The summed E-state index contributed by atoms with van der Waals surface area (Å²) < 4.78 is 0. The summed E-state index contributed by atoms with van der Waals surface area (Å²) in [6.07, 6.45) is 1.88. The fourth-order valence-electron chi connectivity index (χ4n) is 3.32. The first-order valence-electron chi connectivity index (χ1n) is 8.62. The summed E-state index contributed by atoms with van der Waals surface area (Å²) in [6, 6.07) is 6.16. The lowest BCUT2D eigenvalue weighted by atomic mass is 10.3. The van der Waals surface area contributed by atoms with Gasteiger partial charge in [-0.15, -0.1) is 24.0 Å². The average molecular weight is 374 g/mol. The minimum absolute atomic E-state index is 0. The summed E-state index contributed by atoms with van der Waals surface area (Å²) in [4.78, 5) is 14.4. The molecule has 1 aromatic heterocycles. The van der Waals surface area contributed by atoms with Crippen LogP contribution in [0.4, 0.5) is 0 Å². The van der Waals surface area contributed by atoms with E-state index in [2.05, 4.69) is 43.8 Å². The number of aromatic nitrogens is 1. The van der Waals surface area contributed by atoms with Gasteiger partial charge in [0.2, 0.25) is 0 Å². The standard InChI is InChI=1S/C17H28ClN5.ClH/c1-20-6-7-21-8-9-22(14-16-4-2-3-5-19-16)11-13-23(12-10-21)17(18)15-20;/h2-5,17H,6-15H2,1H3;1H. The van der Waals surface area contributed by atoms with Crippen LogP contribution in [0.5, 0.6) is 0 Å². The lowest BCUT2D eigenvalue weighted by Crippen LogP contribution is -2.44. The molecule has 0 saturated carbocycles. The molecule has 0 N–H and O–H groups in total. The zero-order valence-electron chi connectivity index (χ0n) is 14.5. The number of pyridine rings is 1. The second-order valence-electron chi connectivity index (χ2n) is 6.67. The molecule has 3 atom stereocenters. The third-order valence-electron chi connectivity index (χ3n) is 4.91. The van der Waals surface area contributed by atoms with Crippen molar-refractivity contribution < 1.29 is 0 Å². The van der Waals surface area contributed by atoms with Gasteiger partial charge in [-0.1, -0.05) is 6.07 Å². The van der Waals surface area contributed by atoms with Gasteiger partial charge in [-0.05, 0) is 19.2 Å². The fraction of sp³-hybridized carbons (Fsp3) is 0.706. The maximum atomic E-state index is 6.67. The highest BCUT2D eigenvalue weighted by Crippen LogP contribution is 2.12. The SMILES string of the molecule is CN1CCN2CCN(Cc3ccccn3)CCN(CC2)C(Cl)C1.Cl. The van der Waals surface area contributed by atoms with Crippen LogP contribution in [0.3, 0.4) is 0 Å². The van der Waals surface area contributed by atoms with Crippen LogP contribution >= 0.6 is 24.0 Å². The van der Waals surface area contributed by atoms with Crippen LogP contribution in [0.1, 0.15) is 5.69 Å². The number of hydrogen-bond donors (Lipinski definition) is 0. The molecular weight excluding hydrogens is 345 g/mol. The van der Waals surface area contributed by atoms with E-state index in [9.17, 15) is 0 Å². The second-order valence-corrected chi connectivity index (χ2v) is 7.18. The van der Waals surface area contributed by atoms with Gasteiger partial charge >= 0.3 is 0 Å². The largest absolute Gasteiger partial charge is 0.302 e. The molecule has 1 aromatic rings. The van der Waals surface area contributed by atoms with Crippen molar-refractivity contribution in [3.63, 3.8) is 0 Å². The number of rotatable bonds is 2. The van der Waals surface area contributed by atoms with Gasteiger partial charge in [0.25, 0.3) is 0 Å². The monoisotopic (exact) mass is 373 g/mol. The van der Waals surface area contributed by atoms with Gasteiger partial charge in [0.15, 0.2) is 0 Å². The first kappa shape index (κ1) is 19.9. The Morgan fingerprint density at radius 2 is 1.75 bits per heavy atom. The van der Waals surface area contributed by atoms with E-state index in [1.54, 1.807) is 0 Å². The Hall–Kier alpha value is -0.430. The van der Waals surface area contributed by atoms with Crippen molar-refractivity contribution in [3.8, 4) is 0 Å². The predicted octanol–water partition coefficient (Wildman–Crippen LogP) is 1.43. The van der Waals surface area contributed by atoms with Crippen LogP contribution in [0, 0.1) is 0 Å². The van der Waals surface area contributed by atoms with E-state index in [4.69, 9.17) is 11.6 Å². The van der Waals surface area contributed by atoms with E-state index in [1.165, 1.54) is 0 Å². The molecule has 3 rings (SSSR count). The van der Waals surface area contributed by atoms with E-state index >= 15 is 0 Å². The number of likely N-dealkylation sites (N-methyl/N-ethyl adjacent to an activating group) is 1. The first-order chi connectivity index (χ1) is 11.2. The number of halogens is 2. The molecule has 2 fully saturated rings. The number of nitrogens with zero attached hydrogens (tertiary/aromatic N) is 5. The number of hydrogen-bond acceptors (Lipinski definition) is 5. The lowest BCUT2D eigenvalue weighted by molar-refractivity contribution is 0.172. The summed E-state index contributed by atoms with van der Waals surface area (Å²) in [5.74, 6) is 0. The molecule has 0 radical (unpaired) electrons. The molecule has 136 valence electrons. The molecule has 2 saturated heterocycles. The lowest BCUT2D eigenvalue weighted by Gasteiger charge is -2.31. The Labute approximate surface area is 157 Å². The van der Waals surface area contributed by atoms with Crippen molar-refractivity contribution >= 4 is 24.0 Å².